The molecule has 10 heteroatoms. The fourth-order valence-corrected chi connectivity index (χ4v) is 1.59. The number of aliphatic hydroxyl groups excluding tert-OH is 6. The quantitative estimate of drug-likeness (QED) is 0.227. The summed E-state index contributed by atoms with van der Waals surface area (Å²) < 4.78 is 23.0. The molecule has 0 bridgehead atoms. The Balaban J connectivity index is 4.53. The van der Waals surface area contributed by atoms with Crippen molar-refractivity contribution in [1.29, 1.82) is 0 Å². The van der Waals surface area contributed by atoms with Crippen LogP contribution >= 0.6 is 0 Å². The van der Waals surface area contributed by atoms with Crippen LogP contribution in [-0.2, 0) is 10.0 Å². The van der Waals surface area contributed by atoms with Crippen LogP contribution in [-0.4, -0.2) is 82.6 Å². The van der Waals surface area contributed by atoms with Crippen molar-refractivity contribution >= 4 is 10.0 Å². The number of hydrogen-bond donors (Lipinski definition) is 7. The van der Waals surface area contributed by atoms with Gasteiger partial charge in [-0.25, -0.2) is 8.42 Å². The van der Waals surface area contributed by atoms with E-state index in [1.54, 1.807) is 4.72 Å². The van der Waals surface area contributed by atoms with Gasteiger partial charge in [0, 0.05) is 0 Å². The molecular weight excluding hydrogens is 258 g/mol. The van der Waals surface area contributed by atoms with Gasteiger partial charge in [-0.1, -0.05) is 0 Å². The first-order valence-corrected chi connectivity index (χ1v) is 6.47. The van der Waals surface area contributed by atoms with Gasteiger partial charge in [0.15, 0.2) is 0 Å². The molecule has 0 spiro atoms. The van der Waals surface area contributed by atoms with Crippen molar-refractivity contribution < 1.29 is 39.1 Å². The number of rotatable bonds is 7. The van der Waals surface area contributed by atoms with Gasteiger partial charge in [-0.15, -0.1) is 0 Å². The molecule has 0 aromatic heterocycles. The summed E-state index contributed by atoms with van der Waals surface area (Å²) in [5.74, 6) is 0. The van der Waals surface area contributed by atoms with Gasteiger partial charge in [0.05, 0.1) is 12.9 Å². The first-order valence-electron chi connectivity index (χ1n) is 4.58. The highest BCUT2D eigenvalue weighted by Gasteiger charge is 2.34. The summed E-state index contributed by atoms with van der Waals surface area (Å²) in [5, 5.41) is 54.4. The maximum atomic E-state index is 10.7. The molecule has 0 rings (SSSR count). The largest absolute Gasteiger partial charge is 0.394 e. The molecule has 0 heterocycles. The predicted molar refractivity (Wildman–Crippen MR) is 55.1 cm³/mol. The van der Waals surface area contributed by atoms with E-state index in [9.17, 15) is 28.8 Å². The van der Waals surface area contributed by atoms with Gasteiger partial charge in [0.25, 0.3) is 0 Å². The van der Waals surface area contributed by atoms with Crippen molar-refractivity contribution in [1.82, 2.24) is 4.72 Å². The first kappa shape index (κ1) is 16.7. The van der Waals surface area contributed by atoms with E-state index in [1.165, 1.54) is 0 Å². The zero-order valence-corrected chi connectivity index (χ0v) is 9.82. The number of nitrogens with one attached hydrogen (secondary N) is 1. The molecule has 7 N–H and O–H groups in total. The minimum absolute atomic E-state index is 0.717. The molecule has 17 heavy (non-hydrogen) atoms. The second kappa shape index (κ2) is 6.56. The third-order valence-corrected chi connectivity index (χ3v) is 2.61. The second-order valence-electron chi connectivity index (χ2n) is 3.56. The van der Waals surface area contributed by atoms with Crippen LogP contribution in [0.4, 0.5) is 0 Å². The van der Waals surface area contributed by atoms with Gasteiger partial charge >= 0.3 is 0 Å². The molecule has 0 amide bonds. The lowest BCUT2D eigenvalue weighted by atomic mass is 10.0. The lowest BCUT2D eigenvalue weighted by Gasteiger charge is -2.28. The van der Waals surface area contributed by atoms with Crippen LogP contribution in [0.15, 0.2) is 0 Å². The first-order chi connectivity index (χ1) is 7.60. The van der Waals surface area contributed by atoms with Crippen LogP contribution in [0.2, 0.25) is 0 Å². The molecule has 0 radical (unpaired) electrons. The highest BCUT2D eigenvalue weighted by Crippen LogP contribution is 2.07. The molecule has 9 nitrogen and oxygen atoms in total. The molecule has 5 atom stereocenters. The summed E-state index contributed by atoms with van der Waals surface area (Å²) >= 11 is 0. The smallest absolute Gasteiger partial charge is 0.210 e. The summed E-state index contributed by atoms with van der Waals surface area (Å²) in [7, 11) is -3.82. The Hall–Kier alpha value is -0.330. The van der Waals surface area contributed by atoms with Gasteiger partial charge in [-0.05, 0) is 0 Å². The maximum absolute atomic E-state index is 10.7. The molecule has 1 unspecified atom stereocenters. The fraction of sp³-hybridized carbons (Fsp3) is 1.00. The molecule has 0 fully saturated rings. The van der Waals surface area contributed by atoms with E-state index in [4.69, 9.17) is 10.2 Å². The molecule has 0 saturated carbocycles. The van der Waals surface area contributed by atoms with Gasteiger partial charge in [-0.3, -0.25) is 0 Å². The van der Waals surface area contributed by atoms with Gasteiger partial charge < -0.3 is 30.6 Å². The van der Waals surface area contributed by atoms with E-state index in [1.807, 2.05) is 0 Å². The van der Waals surface area contributed by atoms with E-state index >= 15 is 0 Å². The Bertz CT molecular complexity index is 320. The Morgan fingerprint density at radius 1 is 1.00 bits per heavy atom. The van der Waals surface area contributed by atoms with Crippen molar-refractivity contribution in [2.75, 3.05) is 12.9 Å². The van der Waals surface area contributed by atoms with E-state index in [-0.39, 0.29) is 0 Å². The zero-order chi connectivity index (χ0) is 13.8. The predicted octanol–water partition coefficient (Wildman–Crippen LogP) is -4.71. The van der Waals surface area contributed by atoms with E-state index < -0.39 is 47.3 Å². The lowest BCUT2D eigenvalue weighted by molar-refractivity contribution is -0.141. The highest BCUT2D eigenvalue weighted by molar-refractivity contribution is 7.88. The molecule has 0 aliphatic rings. The summed E-state index contributed by atoms with van der Waals surface area (Å²) in [6.45, 7) is -0.874. The summed E-state index contributed by atoms with van der Waals surface area (Å²) in [5.41, 5.74) is 0. The molecule has 0 aliphatic heterocycles. The van der Waals surface area contributed by atoms with Crippen LogP contribution in [0.25, 0.3) is 0 Å². The Labute approximate surface area is 98.0 Å². The molecule has 104 valence electrons. The van der Waals surface area contributed by atoms with Crippen molar-refractivity contribution in [2.24, 2.45) is 0 Å². The molecule has 0 aromatic carbocycles. The SMILES string of the molecule is CS(=O)(=O)NC(O)[C@@H](O)[C@H](O)[C@@H](O)[C@H](O)CO. The van der Waals surface area contributed by atoms with Crippen LogP contribution in [0.3, 0.4) is 0 Å². The molecular formula is C7H17NO8S. The maximum Gasteiger partial charge on any atom is 0.210 e. The standard InChI is InChI=1S/C7H17NO8S/c1-17(15,16)8-7(14)6(13)5(12)4(11)3(10)2-9/h3-14H,2H2,1H3/t3-,4+,5-,6+,7?/m1/s1. The number of hydrogen-bond acceptors (Lipinski definition) is 8. The summed E-state index contributed by atoms with van der Waals surface area (Å²) in [6.07, 6.45) is -9.12. The minimum atomic E-state index is -3.82. The average molecular weight is 275 g/mol. The minimum Gasteiger partial charge on any atom is -0.394 e. The fourth-order valence-electron chi connectivity index (χ4n) is 1.01. The Morgan fingerprint density at radius 3 is 1.82 bits per heavy atom. The van der Waals surface area contributed by atoms with Crippen LogP contribution in [0.1, 0.15) is 0 Å². The lowest BCUT2D eigenvalue weighted by Crippen LogP contribution is -2.54. The third kappa shape index (κ3) is 5.70. The normalized spacial score (nSPS) is 21.6. The van der Waals surface area contributed by atoms with E-state index in [2.05, 4.69) is 0 Å². The monoisotopic (exact) mass is 275 g/mol. The zero-order valence-electron chi connectivity index (χ0n) is 9.00. The van der Waals surface area contributed by atoms with Crippen molar-refractivity contribution in [3.8, 4) is 0 Å². The van der Waals surface area contributed by atoms with Crippen molar-refractivity contribution in [2.45, 2.75) is 30.6 Å². The van der Waals surface area contributed by atoms with E-state index in [0.29, 0.717) is 6.26 Å². The number of aliphatic hydroxyl groups is 6. The molecule has 0 aliphatic carbocycles. The van der Waals surface area contributed by atoms with Crippen molar-refractivity contribution in [3.05, 3.63) is 0 Å². The Morgan fingerprint density at radius 2 is 1.47 bits per heavy atom. The van der Waals surface area contributed by atoms with E-state index in [0.717, 1.165) is 0 Å². The summed E-state index contributed by atoms with van der Waals surface area (Å²) in [6, 6.07) is 0. The van der Waals surface area contributed by atoms with Crippen molar-refractivity contribution in [3.63, 3.8) is 0 Å². The average Bonchev–Trinajstić information content (AvgIpc) is 2.22. The summed E-state index contributed by atoms with van der Waals surface area (Å²) in [4.78, 5) is 0. The second-order valence-corrected chi connectivity index (χ2v) is 5.34. The number of sulfonamides is 1. The van der Waals surface area contributed by atoms with Gasteiger partial charge in [-0.2, -0.15) is 4.72 Å². The third-order valence-electron chi connectivity index (χ3n) is 1.94. The molecule has 0 aromatic rings. The van der Waals surface area contributed by atoms with Crippen LogP contribution in [0, 0.1) is 0 Å². The van der Waals surface area contributed by atoms with Crippen LogP contribution < -0.4 is 4.72 Å². The molecule has 0 saturated heterocycles. The van der Waals surface area contributed by atoms with Gasteiger partial charge in [0.2, 0.25) is 10.0 Å². The van der Waals surface area contributed by atoms with Gasteiger partial charge in [0.1, 0.15) is 30.6 Å². The Kier molecular flexibility index (Phi) is 6.43. The van der Waals surface area contributed by atoms with Crippen LogP contribution in [0.5, 0.6) is 0 Å². The highest BCUT2D eigenvalue weighted by atomic mass is 32.2. The topological polar surface area (TPSA) is 168 Å².